The van der Waals surface area contributed by atoms with E-state index in [0.717, 1.165) is 11.4 Å². The van der Waals surface area contributed by atoms with E-state index in [0.29, 0.717) is 0 Å². The Balaban J connectivity index is 2.31. The van der Waals surface area contributed by atoms with Gasteiger partial charge in [-0.05, 0) is 52.7 Å². The largest absolute Gasteiger partial charge is 0.311 e. The maximum Gasteiger partial charge on any atom is 0.123 e. The highest BCUT2D eigenvalue weighted by Gasteiger charge is 2.28. The number of likely N-dealkylation sites (N-methyl/N-ethyl adjacent to an activating group) is 1. The SMILES string of the molecule is C/C=C(\C=C/CC)c1nc(/C(C)=C/C2(NC)CCCCC2)c(C)s1. The predicted molar refractivity (Wildman–Crippen MR) is 108 cm³/mol. The van der Waals surface area contributed by atoms with Crippen molar-refractivity contribution in [2.45, 2.75) is 71.8 Å². The highest BCUT2D eigenvalue weighted by molar-refractivity contribution is 7.12. The molecule has 1 aromatic rings. The van der Waals surface area contributed by atoms with Crippen LogP contribution in [0.3, 0.4) is 0 Å². The Morgan fingerprint density at radius 1 is 1.29 bits per heavy atom. The molecule has 1 N–H and O–H groups in total. The molecule has 1 aliphatic carbocycles. The van der Waals surface area contributed by atoms with E-state index in [1.54, 1.807) is 11.3 Å². The summed E-state index contributed by atoms with van der Waals surface area (Å²) in [6.45, 7) is 8.66. The van der Waals surface area contributed by atoms with Crippen LogP contribution in [0.5, 0.6) is 0 Å². The van der Waals surface area contributed by atoms with Gasteiger partial charge in [-0.1, -0.05) is 50.5 Å². The number of nitrogens with one attached hydrogen (secondary N) is 1. The van der Waals surface area contributed by atoms with Crippen LogP contribution in [0.1, 0.15) is 74.9 Å². The van der Waals surface area contributed by atoms with Crippen molar-refractivity contribution in [1.82, 2.24) is 10.3 Å². The fourth-order valence-corrected chi connectivity index (χ4v) is 4.59. The van der Waals surface area contributed by atoms with Crippen LogP contribution in [-0.4, -0.2) is 17.6 Å². The van der Waals surface area contributed by atoms with Gasteiger partial charge in [-0.25, -0.2) is 4.98 Å². The monoisotopic (exact) mass is 344 g/mol. The molecule has 0 saturated heterocycles. The molecule has 132 valence electrons. The van der Waals surface area contributed by atoms with E-state index < -0.39 is 0 Å². The first-order chi connectivity index (χ1) is 11.5. The Morgan fingerprint density at radius 2 is 2.00 bits per heavy atom. The van der Waals surface area contributed by atoms with E-state index in [9.17, 15) is 0 Å². The fraction of sp³-hybridized carbons (Fsp3) is 0.571. The lowest BCUT2D eigenvalue weighted by atomic mass is 9.80. The Bertz CT molecular complexity index is 628. The minimum Gasteiger partial charge on any atom is -0.311 e. The zero-order valence-electron chi connectivity index (χ0n) is 15.9. The highest BCUT2D eigenvalue weighted by atomic mass is 32.1. The lowest BCUT2D eigenvalue weighted by Crippen LogP contribution is -2.42. The van der Waals surface area contributed by atoms with Crippen molar-refractivity contribution in [3.63, 3.8) is 0 Å². The van der Waals surface area contributed by atoms with Gasteiger partial charge in [-0.2, -0.15) is 0 Å². The van der Waals surface area contributed by atoms with Crippen molar-refractivity contribution >= 4 is 22.5 Å². The third-order valence-corrected chi connectivity index (χ3v) is 6.02. The molecule has 1 aromatic heterocycles. The molecule has 1 fully saturated rings. The Morgan fingerprint density at radius 3 is 2.58 bits per heavy atom. The minimum atomic E-state index is 0.157. The molecule has 0 aromatic carbocycles. The standard InChI is InChI=1S/C21H32N2S/c1-6-8-12-18(7-2)20-23-19(17(4)24-20)16(3)15-21(22-5)13-10-9-11-14-21/h7-8,12,15,22H,6,9-11,13-14H2,1-5H3/b12-8-,16-15+,18-7+. The molecule has 3 heteroatoms. The zero-order valence-corrected chi connectivity index (χ0v) is 16.7. The predicted octanol–water partition coefficient (Wildman–Crippen LogP) is 6.15. The fourth-order valence-electron chi connectivity index (χ4n) is 3.55. The van der Waals surface area contributed by atoms with Crippen molar-refractivity contribution in [2.24, 2.45) is 0 Å². The molecule has 1 heterocycles. The summed E-state index contributed by atoms with van der Waals surface area (Å²) in [4.78, 5) is 6.28. The lowest BCUT2D eigenvalue weighted by Gasteiger charge is -2.35. The molecule has 0 spiro atoms. The van der Waals surface area contributed by atoms with E-state index in [2.05, 4.69) is 64.4 Å². The van der Waals surface area contributed by atoms with Crippen LogP contribution in [-0.2, 0) is 0 Å². The van der Waals surface area contributed by atoms with Gasteiger partial charge in [0.1, 0.15) is 5.01 Å². The molecular formula is C21H32N2S. The Labute approximate surface area is 151 Å². The van der Waals surface area contributed by atoms with E-state index in [4.69, 9.17) is 4.98 Å². The van der Waals surface area contributed by atoms with E-state index in [1.165, 1.54) is 53.8 Å². The summed E-state index contributed by atoms with van der Waals surface area (Å²) in [7, 11) is 2.10. The van der Waals surface area contributed by atoms with Crippen LogP contribution in [0.15, 0.2) is 24.3 Å². The molecule has 2 rings (SSSR count). The third-order valence-electron chi connectivity index (χ3n) is 5.00. The quantitative estimate of drug-likeness (QED) is 0.626. The van der Waals surface area contributed by atoms with Gasteiger partial charge in [0.2, 0.25) is 0 Å². The molecule has 24 heavy (non-hydrogen) atoms. The first-order valence-electron chi connectivity index (χ1n) is 9.24. The van der Waals surface area contributed by atoms with Crippen molar-refractivity contribution < 1.29 is 0 Å². The molecule has 0 bridgehead atoms. The maximum absolute atomic E-state index is 4.97. The molecule has 1 saturated carbocycles. The van der Waals surface area contributed by atoms with Gasteiger partial charge in [0.05, 0.1) is 5.69 Å². The number of rotatable bonds is 6. The van der Waals surface area contributed by atoms with Crippen LogP contribution in [0.25, 0.3) is 11.1 Å². The number of allylic oxidation sites excluding steroid dienone is 5. The van der Waals surface area contributed by atoms with E-state index >= 15 is 0 Å². The van der Waals surface area contributed by atoms with Crippen molar-refractivity contribution in [3.8, 4) is 0 Å². The van der Waals surface area contributed by atoms with Gasteiger partial charge < -0.3 is 5.32 Å². The summed E-state index contributed by atoms with van der Waals surface area (Å²) in [6, 6.07) is 0. The van der Waals surface area contributed by atoms with Gasteiger partial charge in [0, 0.05) is 16.0 Å². The number of thiazole rings is 1. The molecule has 0 aliphatic heterocycles. The number of nitrogens with zero attached hydrogens (tertiary/aromatic N) is 1. The average Bonchev–Trinajstić information content (AvgIpc) is 2.98. The van der Waals surface area contributed by atoms with Crippen LogP contribution in [0.4, 0.5) is 0 Å². The molecule has 0 unspecified atom stereocenters. The van der Waals surface area contributed by atoms with Crippen LogP contribution in [0.2, 0.25) is 0 Å². The average molecular weight is 345 g/mol. The van der Waals surface area contributed by atoms with Crippen LogP contribution < -0.4 is 5.32 Å². The molecule has 2 nitrogen and oxygen atoms in total. The summed E-state index contributed by atoms with van der Waals surface area (Å²) in [5.41, 5.74) is 3.86. The Hall–Kier alpha value is -1.19. The van der Waals surface area contributed by atoms with Gasteiger partial charge >= 0.3 is 0 Å². The zero-order chi connectivity index (χ0) is 17.6. The highest BCUT2D eigenvalue weighted by Crippen LogP contribution is 2.34. The molecule has 0 atom stereocenters. The van der Waals surface area contributed by atoms with Gasteiger partial charge in [-0.15, -0.1) is 11.3 Å². The summed E-state index contributed by atoms with van der Waals surface area (Å²) in [5.74, 6) is 0. The van der Waals surface area contributed by atoms with Crippen molar-refractivity contribution in [3.05, 3.63) is 39.9 Å². The maximum atomic E-state index is 4.97. The first-order valence-corrected chi connectivity index (χ1v) is 10.1. The minimum absolute atomic E-state index is 0.157. The van der Waals surface area contributed by atoms with Crippen LogP contribution >= 0.6 is 11.3 Å². The molecule has 0 radical (unpaired) electrons. The summed E-state index contributed by atoms with van der Waals surface area (Å²) < 4.78 is 0. The molecular weight excluding hydrogens is 312 g/mol. The van der Waals surface area contributed by atoms with Crippen molar-refractivity contribution in [1.29, 1.82) is 0 Å². The number of hydrogen-bond acceptors (Lipinski definition) is 3. The number of hydrogen-bond donors (Lipinski definition) is 1. The Kier molecular flexibility index (Phi) is 7.00. The normalized spacial score (nSPS) is 19.2. The van der Waals surface area contributed by atoms with E-state index in [1.807, 2.05) is 0 Å². The number of aryl methyl sites for hydroxylation is 1. The molecule has 1 aliphatic rings. The van der Waals surface area contributed by atoms with Gasteiger partial charge in [-0.3, -0.25) is 0 Å². The topological polar surface area (TPSA) is 24.9 Å². The summed E-state index contributed by atoms with van der Waals surface area (Å²) in [5, 5.41) is 4.71. The lowest BCUT2D eigenvalue weighted by molar-refractivity contribution is 0.308. The second-order valence-corrected chi connectivity index (χ2v) is 7.98. The third kappa shape index (κ3) is 4.46. The second kappa shape index (κ2) is 8.77. The van der Waals surface area contributed by atoms with E-state index in [-0.39, 0.29) is 5.54 Å². The summed E-state index contributed by atoms with van der Waals surface area (Å²) in [6.07, 6.45) is 16.5. The van der Waals surface area contributed by atoms with Gasteiger partial charge in [0.15, 0.2) is 0 Å². The van der Waals surface area contributed by atoms with Crippen molar-refractivity contribution in [2.75, 3.05) is 7.05 Å². The first kappa shape index (κ1) is 19.1. The smallest absolute Gasteiger partial charge is 0.123 e. The second-order valence-electron chi connectivity index (χ2n) is 6.77. The summed E-state index contributed by atoms with van der Waals surface area (Å²) >= 11 is 1.80. The van der Waals surface area contributed by atoms with Gasteiger partial charge in [0.25, 0.3) is 0 Å². The van der Waals surface area contributed by atoms with Crippen LogP contribution in [0, 0.1) is 6.92 Å². The number of aromatic nitrogens is 1. The molecule has 0 amide bonds.